The summed E-state index contributed by atoms with van der Waals surface area (Å²) in [4.78, 5) is 12.0. The lowest BCUT2D eigenvalue weighted by Crippen LogP contribution is -2.10. The normalized spacial score (nSPS) is 10.9. The monoisotopic (exact) mass is 480 g/mol. The van der Waals surface area contributed by atoms with Crippen LogP contribution in [0, 0.1) is 11.8 Å². The summed E-state index contributed by atoms with van der Waals surface area (Å²) in [6.45, 7) is 10.3. The summed E-state index contributed by atoms with van der Waals surface area (Å²) in [7, 11) is 3.16. The highest BCUT2D eigenvalue weighted by molar-refractivity contribution is 5.74. The van der Waals surface area contributed by atoms with E-state index in [1.165, 1.54) is 5.57 Å². The van der Waals surface area contributed by atoms with Gasteiger partial charge in [0.1, 0.15) is 12.4 Å². The summed E-state index contributed by atoms with van der Waals surface area (Å²) < 4.78 is 28.2. The maximum atomic E-state index is 12.0. The molecule has 0 saturated carbocycles. The highest BCUT2D eigenvalue weighted by Gasteiger charge is 2.15. The number of benzene rings is 2. The molecule has 35 heavy (non-hydrogen) atoms. The van der Waals surface area contributed by atoms with Crippen LogP contribution in [0.5, 0.6) is 28.7 Å². The lowest BCUT2D eigenvalue weighted by atomic mass is 10.1. The van der Waals surface area contributed by atoms with Gasteiger partial charge in [0.05, 0.1) is 25.9 Å². The van der Waals surface area contributed by atoms with Gasteiger partial charge in [-0.05, 0) is 51.5 Å². The number of carbonyl (C=O) groups is 1. The highest BCUT2D eigenvalue weighted by atomic mass is 16.5. The molecule has 0 N–H and O–H groups in total. The zero-order valence-electron chi connectivity index (χ0n) is 21.8. The van der Waals surface area contributed by atoms with Gasteiger partial charge in [0.25, 0.3) is 0 Å². The molecule has 2 aromatic rings. The Hall–Kier alpha value is -3.59. The second kappa shape index (κ2) is 14.0. The van der Waals surface area contributed by atoms with Gasteiger partial charge >= 0.3 is 5.97 Å². The molecule has 2 aromatic carbocycles. The van der Waals surface area contributed by atoms with E-state index in [0.29, 0.717) is 40.9 Å². The van der Waals surface area contributed by atoms with Crippen molar-refractivity contribution in [1.29, 1.82) is 0 Å². The molecule has 0 aliphatic rings. The zero-order chi connectivity index (χ0) is 25.8. The van der Waals surface area contributed by atoms with Gasteiger partial charge in [-0.3, -0.25) is 4.79 Å². The standard InChI is InChI=1S/C29H36O6/c1-8-10-21(5)15-16-33-27-17-22(12-14-24(27)31-6)11-13-23-18-26(32-7)28(34-20(3)4)19-25(23)35-29(30)9-2/h12,14-15,17-20H,8-10,16H2,1-7H3/b21-15+. The molecule has 0 spiro atoms. The minimum absolute atomic E-state index is 0.0751. The fourth-order valence-electron chi connectivity index (χ4n) is 3.20. The smallest absolute Gasteiger partial charge is 0.310 e. The summed E-state index contributed by atoms with van der Waals surface area (Å²) in [6.07, 6.45) is 4.38. The first-order valence-electron chi connectivity index (χ1n) is 11.9. The molecular formula is C29H36O6. The molecular weight excluding hydrogens is 444 g/mol. The zero-order valence-corrected chi connectivity index (χ0v) is 21.8. The molecule has 0 aromatic heterocycles. The van der Waals surface area contributed by atoms with E-state index in [0.717, 1.165) is 18.4 Å². The molecule has 188 valence electrons. The van der Waals surface area contributed by atoms with E-state index in [4.69, 9.17) is 23.7 Å². The minimum Gasteiger partial charge on any atom is -0.493 e. The molecule has 0 unspecified atom stereocenters. The van der Waals surface area contributed by atoms with Crippen molar-refractivity contribution in [2.24, 2.45) is 0 Å². The van der Waals surface area contributed by atoms with E-state index in [9.17, 15) is 4.79 Å². The Balaban J connectivity index is 2.41. The lowest BCUT2D eigenvalue weighted by molar-refractivity contribution is -0.134. The molecule has 0 amide bonds. The van der Waals surface area contributed by atoms with Crippen molar-refractivity contribution in [2.75, 3.05) is 20.8 Å². The summed E-state index contributed by atoms with van der Waals surface area (Å²) in [5.74, 6) is 8.42. The Morgan fingerprint density at radius 3 is 2.31 bits per heavy atom. The van der Waals surface area contributed by atoms with Crippen LogP contribution in [0.3, 0.4) is 0 Å². The fraction of sp³-hybridized carbons (Fsp3) is 0.414. The average molecular weight is 481 g/mol. The molecule has 0 atom stereocenters. The van der Waals surface area contributed by atoms with Crippen molar-refractivity contribution in [1.82, 2.24) is 0 Å². The van der Waals surface area contributed by atoms with Gasteiger partial charge in [-0.15, -0.1) is 0 Å². The first-order valence-corrected chi connectivity index (χ1v) is 11.9. The van der Waals surface area contributed by atoms with Crippen LogP contribution in [0.4, 0.5) is 0 Å². The number of hydrogen-bond donors (Lipinski definition) is 0. The van der Waals surface area contributed by atoms with Crippen LogP contribution in [-0.2, 0) is 4.79 Å². The van der Waals surface area contributed by atoms with Crippen LogP contribution in [0.2, 0.25) is 0 Å². The number of hydrogen-bond acceptors (Lipinski definition) is 6. The summed E-state index contributed by atoms with van der Waals surface area (Å²) >= 11 is 0. The van der Waals surface area contributed by atoms with Gasteiger partial charge in [0.2, 0.25) is 0 Å². The van der Waals surface area contributed by atoms with Crippen molar-refractivity contribution < 1.29 is 28.5 Å². The molecule has 0 heterocycles. The van der Waals surface area contributed by atoms with E-state index >= 15 is 0 Å². The van der Waals surface area contributed by atoms with Crippen LogP contribution < -0.4 is 23.7 Å². The predicted molar refractivity (Wildman–Crippen MR) is 138 cm³/mol. The summed E-state index contributed by atoms with van der Waals surface area (Å²) in [6, 6.07) is 8.86. The quantitative estimate of drug-likeness (QED) is 0.162. The van der Waals surface area contributed by atoms with Crippen LogP contribution in [0.25, 0.3) is 0 Å². The van der Waals surface area contributed by atoms with Gasteiger partial charge in [0.15, 0.2) is 23.0 Å². The van der Waals surface area contributed by atoms with E-state index in [2.05, 4.69) is 31.8 Å². The van der Waals surface area contributed by atoms with Crippen molar-refractivity contribution in [3.63, 3.8) is 0 Å². The molecule has 2 rings (SSSR count). The van der Waals surface area contributed by atoms with Gasteiger partial charge in [-0.25, -0.2) is 0 Å². The number of ether oxygens (including phenoxy) is 5. The Morgan fingerprint density at radius 1 is 0.943 bits per heavy atom. The largest absolute Gasteiger partial charge is 0.493 e. The molecule has 0 saturated heterocycles. The van der Waals surface area contributed by atoms with E-state index in [-0.39, 0.29) is 18.5 Å². The molecule has 0 fully saturated rings. The van der Waals surface area contributed by atoms with Crippen LogP contribution >= 0.6 is 0 Å². The third-order valence-corrected chi connectivity index (χ3v) is 4.96. The molecule has 6 nitrogen and oxygen atoms in total. The van der Waals surface area contributed by atoms with Gasteiger partial charge in [-0.2, -0.15) is 0 Å². The van der Waals surface area contributed by atoms with Crippen molar-refractivity contribution >= 4 is 5.97 Å². The molecule has 0 aliphatic carbocycles. The highest BCUT2D eigenvalue weighted by Crippen LogP contribution is 2.36. The molecule has 0 radical (unpaired) electrons. The maximum absolute atomic E-state index is 12.0. The van der Waals surface area contributed by atoms with Crippen LogP contribution in [0.1, 0.15) is 65.0 Å². The Morgan fingerprint density at radius 2 is 1.69 bits per heavy atom. The first-order chi connectivity index (χ1) is 16.8. The van der Waals surface area contributed by atoms with Crippen molar-refractivity contribution in [3.8, 4) is 40.6 Å². The van der Waals surface area contributed by atoms with Crippen molar-refractivity contribution in [3.05, 3.63) is 53.1 Å². The summed E-state index contributed by atoms with van der Waals surface area (Å²) in [5.41, 5.74) is 2.52. The molecule has 0 aliphatic heterocycles. The van der Waals surface area contributed by atoms with E-state index < -0.39 is 0 Å². The molecule has 6 heteroatoms. The van der Waals surface area contributed by atoms with Crippen molar-refractivity contribution in [2.45, 2.75) is 60.0 Å². The Bertz CT molecular complexity index is 1090. The summed E-state index contributed by atoms with van der Waals surface area (Å²) in [5, 5.41) is 0. The third-order valence-electron chi connectivity index (χ3n) is 4.96. The topological polar surface area (TPSA) is 63.2 Å². The maximum Gasteiger partial charge on any atom is 0.310 e. The number of esters is 1. The minimum atomic E-state index is -0.361. The van der Waals surface area contributed by atoms with Gasteiger partial charge < -0.3 is 23.7 Å². The van der Waals surface area contributed by atoms with Crippen LogP contribution in [-0.4, -0.2) is 32.9 Å². The van der Waals surface area contributed by atoms with Gasteiger partial charge in [0, 0.05) is 24.1 Å². The first kappa shape index (κ1) is 27.7. The Labute approximate surface area is 209 Å². The number of methoxy groups -OCH3 is 2. The average Bonchev–Trinajstić information content (AvgIpc) is 2.83. The SMILES string of the molecule is CCC/C(C)=C/COc1cc(C#Cc2cc(OC)c(OC(C)C)cc2OC(=O)CC)ccc1OC. The molecule has 0 bridgehead atoms. The van der Waals surface area contributed by atoms with E-state index in [1.807, 2.05) is 32.0 Å². The Kier molecular flexibility index (Phi) is 11.0. The van der Waals surface area contributed by atoms with E-state index in [1.54, 1.807) is 33.3 Å². The fourth-order valence-corrected chi connectivity index (χ4v) is 3.20. The second-order valence-electron chi connectivity index (χ2n) is 8.22. The second-order valence-corrected chi connectivity index (χ2v) is 8.22. The number of allylic oxidation sites excluding steroid dienone is 1. The van der Waals surface area contributed by atoms with Gasteiger partial charge in [-0.1, -0.05) is 37.7 Å². The number of rotatable bonds is 11. The predicted octanol–water partition coefficient (Wildman–Crippen LogP) is 6.33. The third kappa shape index (κ3) is 8.60. The lowest BCUT2D eigenvalue weighted by Gasteiger charge is -2.16. The number of carbonyl (C=O) groups excluding carboxylic acids is 1. The van der Waals surface area contributed by atoms with Crippen LogP contribution in [0.15, 0.2) is 42.0 Å².